The molecule has 0 unspecified atom stereocenters. The van der Waals surface area contributed by atoms with Gasteiger partial charge in [0.05, 0.1) is 16.7 Å². The molecule has 4 rings (SSSR count). The summed E-state index contributed by atoms with van der Waals surface area (Å²) in [4.78, 5) is 9.29. The predicted octanol–water partition coefficient (Wildman–Crippen LogP) is 4.45. The number of hydrogen-bond donors (Lipinski definition) is 0. The van der Waals surface area contributed by atoms with Crippen molar-refractivity contribution in [2.75, 3.05) is 0 Å². The van der Waals surface area contributed by atoms with Crippen LogP contribution in [0.4, 0.5) is 0 Å². The van der Waals surface area contributed by atoms with Gasteiger partial charge in [0.2, 0.25) is 0 Å². The molecule has 0 spiro atoms. The van der Waals surface area contributed by atoms with Gasteiger partial charge in [0.15, 0.2) is 0 Å². The van der Waals surface area contributed by atoms with Crippen molar-refractivity contribution in [3.8, 4) is 11.3 Å². The van der Waals surface area contributed by atoms with Crippen LogP contribution in [0.25, 0.3) is 33.1 Å². The van der Waals surface area contributed by atoms with Crippen molar-refractivity contribution in [1.82, 2.24) is 9.97 Å². The summed E-state index contributed by atoms with van der Waals surface area (Å²) >= 11 is 0. The Morgan fingerprint density at radius 3 is 2.14 bits per heavy atom. The van der Waals surface area contributed by atoms with Crippen LogP contribution in [0.2, 0.25) is 0 Å². The standard InChI is InChI=1S/C18H12N2.Cu/c1-2-5-13(6-3-1)16-11-10-15-9-8-14-7-4-12-19-17(14)18(15)20-16;/h1-12H;. The minimum atomic E-state index is 0. The van der Waals surface area contributed by atoms with Crippen molar-refractivity contribution in [3.05, 3.63) is 72.9 Å². The first kappa shape index (κ1) is 13.7. The number of aromatic nitrogens is 2. The predicted molar refractivity (Wildman–Crippen MR) is 82.5 cm³/mol. The largest absolute Gasteiger partial charge is 0.254 e. The molecule has 0 aliphatic rings. The van der Waals surface area contributed by atoms with E-state index in [2.05, 4.69) is 47.4 Å². The van der Waals surface area contributed by atoms with Gasteiger partial charge in [-0.3, -0.25) is 4.98 Å². The van der Waals surface area contributed by atoms with Crippen LogP contribution < -0.4 is 0 Å². The molecule has 0 fully saturated rings. The molecule has 0 saturated heterocycles. The third-order valence-electron chi connectivity index (χ3n) is 3.50. The summed E-state index contributed by atoms with van der Waals surface area (Å²) in [5, 5.41) is 2.24. The van der Waals surface area contributed by atoms with Gasteiger partial charge in [-0.1, -0.05) is 54.6 Å². The van der Waals surface area contributed by atoms with Crippen molar-refractivity contribution in [2.45, 2.75) is 0 Å². The Labute approximate surface area is 133 Å². The minimum Gasteiger partial charge on any atom is -0.254 e. The minimum absolute atomic E-state index is 0. The maximum atomic E-state index is 4.81. The second-order valence-corrected chi connectivity index (χ2v) is 4.77. The monoisotopic (exact) mass is 319 g/mol. The molecule has 4 aromatic rings. The zero-order valence-corrected chi connectivity index (χ0v) is 12.1. The van der Waals surface area contributed by atoms with Crippen molar-refractivity contribution in [3.63, 3.8) is 0 Å². The van der Waals surface area contributed by atoms with Crippen LogP contribution in [0.3, 0.4) is 0 Å². The number of pyridine rings is 2. The van der Waals surface area contributed by atoms with Gasteiger partial charge < -0.3 is 0 Å². The van der Waals surface area contributed by atoms with E-state index in [1.54, 1.807) is 0 Å². The van der Waals surface area contributed by atoms with Crippen LogP contribution >= 0.6 is 0 Å². The maximum Gasteiger partial charge on any atom is 0.0972 e. The van der Waals surface area contributed by atoms with E-state index in [1.807, 2.05) is 30.5 Å². The maximum absolute atomic E-state index is 4.81. The summed E-state index contributed by atoms with van der Waals surface area (Å²) in [5.41, 5.74) is 4.03. The van der Waals surface area contributed by atoms with E-state index in [4.69, 9.17) is 4.98 Å². The molecular weight excluding hydrogens is 308 g/mol. The number of rotatable bonds is 1. The van der Waals surface area contributed by atoms with Gasteiger partial charge in [0, 0.05) is 39.6 Å². The smallest absolute Gasteiger partial charge is 0.0972 e. The summed E-state index contributed by atoms with van der Waals surface area (Å²) < 4.78 is 0. The molecule has 2 nitrogen and oxygen atoms in total. The van der Waals surface area contributed by atoms with E-state index in [9.17, 15) is 0 Å². The first-order valence-corrected chi connectivity index (χ1v) is 6.62. The molecule has 3 heteroatoms. The Balaban J connectivity index is 0.00000132. The van der Waals surface area contributed by atoms with E-state index < -0.39 is 0 Å². The van der Waals surface area contributed by atoms with Crippen LogP contribution in [0, 0.1) is 0 Å². The molecule has 0 aliphatic carbocycles. The van der Waals surface area contributed by atoms with Gasteiger partial charge in [0.1, 0.15) is 0 Å². The van der Waals surface area contributed by atoms with E-state index >= 15 is 0 Å². The summed E-state index contributed by atoms with van der Waals surface area (Å²) in [5.74, 6) is 0. The summed E-state index contributed by atoms with van der Waals surface area (Å²) in [6, 6.07) is 22.6. The Kier molecular flexibility index (Phi) is 3.70. The number of fused-ring (bicyclic) bond motifs is 3. The molecular formula is C18H12CuN2. The molecule has 2 aromatic heterocycles. The van der Waals surface area contributed by atoms with Gasteiger partial charge in [-0.25, -0.2) is 4.98 Å². The molecule has 0 bridgehead atoms. The number of hydrogen-bond acceptors (Lipinski definition) is 2. The van der Waals surface area contributed by atoms with Gasteiger partial charge in [-0.15, -0.1) is 0 Å². The van der Waals surface area contributed by atoms with Crippen LogP contribution in [-0.2, 0) is 17.1 Å². The average molecular weight is 320 g/mol. The van der Waals surface area contributed by atoms with Crippen LogP contribution in [0.5, 0.6) is 0 Å². The number of nitrogens with zero attached hydrogens (tertiary/aromatic N) is 2. The van der Waals surface area contributed by atoms with Crippen molar-refractivity contribution in [2.24, 2.45) is 0 Å². The molecule has 2 heterocycles. The summed E-state index contributed by atoms with van der Waals surface area (Å²) in [7, 11) is 0. The quantitative estimate of drug-likeness (QED) is 0.383. The molecule has 0 atom stereocenters. The first-order chi connectivity index (χ1) is 9.92. The Morgan fingerprint density at radius 2 is 1.33 bits per heavy atom. The molecule has 2 aromatic carbocycles. The van der Waals surface area contributed by atoms with E-state index in [0.717, 1.165) is 33.1 Å². The third kappa shape index (κ3) is 2.42. The third-order valence-corrected chi connectivity index (χ3v) is 3.50. The fourth-order valence-electron chi connectivity index (χ4n) is 2.49. The fraction of sp³-hybridized carbons (Fsp3) is 0. The number of benzene rings is 2. The Bertz CT molecular complexity index is 904. The molecule has 21 heavy (non-hydrogen) atoms. The SMILES string of the molecule is [Cu].c1ccc(-c2ccc3ccc4cccnc4c3n2)cc1. The second kappa shape index (κ2) is 5.64. The van der Waals surface area contributed by atoms with E-state index in [-0.39, 0.29) is 17.1 Å². The average Bonchev–Trinajstić information content (AvgIpc) is 2.55. The Morgan fingerprint density at radius 1 is 0.619 bits per heavy atom. The second-order valence-electron chi connectivity index (χ2n) is 4.77. The molecule has 0 N–H and O–H groups in total. The van der Waals surface area contributed by atoms with Crippen LogP contribution in [-0.4, -0.2) is 9.97 Å². The van der Waals surface area contributed by atoms with Gasteiger partial charge in [0.25, 0.3) is 0 Å². The van der Waals surface area contributed by atoms with Crippen molar-refractivity contribution in [1.29, 1.82) is 0 Å². The summed E-state index contributed by atoms with van der Waals surface area (Å²) in [6.45, 7) is 0. The topological polar surface area (TPSA) is 25.8 Å². The van der Waals surface area contributed by atoms with Gasteiger partial charge in [-0.2, -0.15) is 0 Å². The molecule has 105 valence electrons. The van der Waals surface area contributed by atoms with Crippen LogP contribution in [0.15, 0.2) is 72.9 Å². The van der Waals surface area contributed by atoms with Gasteiger partial charge >= 0.3 is 0 Å². The van der Waals surface area contributed by atoms with E-state index in [0.29, 0.717) is 0 Å². The Hall–Kier alpha value is -2.22. The molecule has 0 amide bonds. The molecule has 0 aliphatic heterocycles. The van der Waals surface area contributed by atoms with Crippen LogP contribution in [0.1, 0.15) is 0 Å². The molecule has 1 radical (unpaired) electrons. The molecule has 0 saturated carbocycles. The zero-order valence-electron chi connectivity index (χ0n) is 11.1. The first-order valence-electron chi connectivity index (χ1n) is 6.62. The van der Waals surface area contributed by atoms with Gasteiger partial charge in [-0.05, 0) is 12.1 Å². The summed E-state index contributed by atoms with van der Waals surface area (Å²) in [6.07, 6.45) is 1.82. The zero-order chi connectivity index (χ0) is 13.4. The fourth-order valence-corrected chi connectivity index (χ4v) is 2.49. The van der Waals surface area contributed by atoms with Crippen molar-refractivity contribution >= 4 is 21.8 Å². The van der Waals surface area contributed by atoms with E-state index in [1.165, 1.54) is 0 Å². The van der Waals surface area contributed by atoms with Crippen molar-refractivity contribution < 1.29 is 17.1 Å². The normalized spacial score (nSPS) is 10.5.